The van der Waals surface area contributed by atoms with Crippen molar-refractivity contribution in [2.24, 2.45) is 28.6 Å². The largest absolute Gasteiger partial charge is 0.466 e. The molecule has 5 rings (SSSR count). The minimum atomic E-state index is -1.18. The SMILES string of the molecule is C/C=C(\C)C(=O)OC1O[C@@H]2C[C@@H]3[C@@](C)(CC[C@@H](CCOC(C)=O)COC(C)=O)[C@H](C)[C@@H](OC(C)=O)[C@H](OC(C)=O)[C@]13[C@@]1(CO1)C2. The first-order valence-electron chi connectivity index (χ1n) is 15.9. The van der Waals surface area contributed by atoms with Crippen LogP contribution in [-0.4, -0.2) is 79.9 Å². The van der Waals surface area contributed by atoms with Crippen molar-refractivity contribution in [1.29, 1.82) is 0 Å². The summed E-state index contributed by atoms with van der Waals surface area (Å²) in [6.45, 7) is 13.5. The Morgan fingerprint density at radius 2 is 1.56 bits per heavy atom. The van der Waals surface area contributed by atoms with Gasteiger partial charge in [0.05, 0.1) is 25.9 Å². The van der Waals surface area contributed by atoms with E-state index in [-0.39, 0.29) is 37.1 Å². The molecule has 2 spiro atoms. The molecule has 2 saturated carbocycles. The third-order valence-corrected chi connectivity index (χ3v) is 10.7. The van der Waals surface area contributed by atoms with Gasteiger partial charge in [0.2, 0.25) is 6.29 Å². The van der Waals surface area contributed by atoms with Crippen LogP contribution in [0.4, 0.5) is 0 Å². The average molecular weight is 637 g/mol. The van der Waals surface area contributed by atoms with Crippen molar-refractivity contribution in [2.45, 2.75) is 118 Å². The fourth-order valence-corrected chi connectivity index (χ4v) is 8.23. The Hall–Kier alpha value is -2.99. The van der Waals surface area contributed by atoms with Gasteiger partial charge >= 0.3 is 29.8 Å². The summed E-state index contributed by atoms with van der Waals surface area (Å²) in [6.07, 6.45) is 1.11. The van der Waals surface area contributed by atoms with Crippen LogP contribution < -0.4 is 0 Å². The normalized spacial score (nSPS) is 37.2. The Labute approximate surface area is 264 Å². The third-order valence-electron chi connectivity index (χ3n) is 10.7. The van der Waals surface area contributed by atoms with E-state index in [4.69, 9.17) is 33.2 Å². The molecule has 0 aromatic heterocycles. The Morgan fingerprint density at radius 1 is 0.911 bits per heavy atom. The van der Waals surface area contributed by atoms with Crippen molar-refractivity contribution in [2.75, 3.05) is 19.8 Å². The van der Waals surface area contributed by atoms with Gasteiger partial charge in [-0.2, -0.15) is 0 Å². The van der Waals surface area contributed by atoms with E-state index >= 15 is 0 Å². The van der Waals surface area contributed by atoms with Crippen LogP contribution in [-0.2, 0) is 57.1 Å². The minimum absolute atomic E-state index is 0.124. The summed E-state index contributed by atoms with van der Waals surface area (Å²) in [5.41, 5.74) is -2.18. The zero-order valence-corrected chi connectivity index (χ0v) is 27.7. The predicted molar refractivity (Wildman–Crippen MR) is 157 cm³/mol. The second kappa shape index (κ2) is 13.4. The summed E-state index contributed by atoms with van der Waals surface area (Å²) >= 11 is 0. The topological polar surface area (TPSA) is 153 Å². The zero-order chi connectivity index (χ0) is 33.3. The molecular weight excluding hydrogens is 588 g/mol. The van der Waals surface area contributed by atoms with Gasteiger partial charge in [-0.25, -0.2) is 4.79 Å². The molecule has 2 bridgehead atoms. The summed E-state index contributed by atoms with van der Waals surface area (Å²) in [6, 6.07) is 0. The lowest BCUT2D eigenvalue weighted by Crippen LogP contribution is -2.79. The van der Waals surface area contributed by atoms with Gasteiger partial charge in [-0.1, -0.05) is 19.9 Å². The molecule has 1 unspecified atom stereocenters. The second-order valence-corrected chi connectivity index (χ2v) is 13.4. The molecule has 3 heterocycles. The molecule has 12 heteroatoms. The van der Waals surface area contributed by atoms with Gasteiger partial charge in [0.25, 0.3) is 0 Å². The van der Waals surface area contributed by atoms with E-state index in [2.05, 4.69) is 6.92 Å². The Morgan fingerprint density at radius 3 is 2.11 bits per heavy atom. The molecule has 45 heavy (non-hydrogen) atoms. The van der Waals surface area contributed by atoms with Crippen molar-refractivity contribution in [3.8, 4) is 0 Å². The number of esters is 5. The molecule has 10 atom stereocenters. The highest BCUT2D eigenvalue weighted by molar-refractivity contribution is 5.87. The van der Waals surface area contributed by atoms with Crippen LogP contribution in [0.25, 0.3) is 0 Å². The van der Waals surface area contributed by atoms with Gasteiger partial charge in [-0.3, -0.25) is 19.2 Å². The molecule has 5 fully saturated rings. The number of allylic oxidation sites excluding steroid dienone is 1. The van der Waals surface area contributed by atoms with Crippen LogP contribution in [0.1, 0.15) is 87.5 Å². The van der Waals surface area contributed by atoms with Gasteiger partial charge in [-0.15, -0.1) is 0 Å². The molecule has 0 radical (unpaired) electrons. The fraction of sp³-hybridized carbons (Fsp3) is 0.788. The van der Waals surface area contributed by atoms with Crippen molar-refractivity contribution in [3.05, 3.63) is 11.6 Å². The number of fused-ring (bicyclic) bond motifs is 1. The predicted octanol–water partition coefficient (Wildman–Crippen LogP) is 3.82. The molecule has 0 aromatic rings. The number of epoxide rings is 1. The number of hydrogen-bond donors (Lipinski definition) is 0. The highest BCUT2D eigenvalue weighted by atomic mass is 16.7. The molecule has 3 aliphatic heterocycles. The fourth-order valence-electron chi connectivity index (χ4n) is 8.23. The first-order valence-corrected chi connectivity index (χ1v) is 15.9. The lowest BCUT2D eigenvalue weighted by molar-refractivity contribution is -0.382. The quantitative estimate of drug-likeness (QED) is 0.132. The monoisotopic (exact) mass is 636 g/mol. The van der Waals surface area contributed by atoms with E-state index in [0.29, 0.717) is 44.3 Å². The minimum Gasteiger partial charge on any atom is -0.466 e. The standard InChI is InChI=1S/C33H48O12/c1-9-18(2)29(38)45-30-33-26(14-25(44-30)15-32(33)17-41-32)31(8,19(3)27(42-22(6)36)28(33)43-23(7)37)12-10-24(16-40-21(5)35)11-13-39-20(4)34/h9,19,24-28,30H,10-17H2,1-8H3/b18-9+/t19-,24+,25-,26-,27-,28+,30?,31+,32+,33+/m1/s1. The Kier molecular flexibility index (Phi) is 10.4. The van der Waals surface area contributed by atoms with Crippen LogP contribution >= 0.6 is 0 Å². The Bertz CT molecular complexity index is 1210. The summed E-state index contributed by atoms with van der Waals surface area (Å²) in [5, 5.41) is 0. The van der Waals surface area contributed by atoms with Crippen LogP contribution in [0.5, 0.6) is 0 Å². The van der Waals surface area contributed by atoms with Crippen LogP contribution in [0.3, 0.4) is 0 Å². The van der Waals surface area contributed by atoms with Gasteiger partial charge in [0.1, 0.15) is 17.1 Å². The number of carbonyl (C=O) groups is 5. The molecule has 0 N–H and O–H groups in total. The first kappa shape index (κ1) is 34.9. The molecule has 0 aromatic carbocycles. The third kappa shape index (κ3) is 6.63. The maximum absolute atomic E-state index is 13.2. The van der Waals surface area contributed by atoms with Gasteiger partial charge in [-0.05, 0) is 56.8 Å². The smallest absolute Gasteiger partial charge is 0.335 e. The average Bonchev–Trinajstić information content (AvgIpc) is 3.72. The van der Waals surface area contributed by atoms with Gasteiger partial charge in [0, 0.05) is 45.6 Å². The lowest BCUT2D eigenvalue weighted by atomic mass is 9.40. The summed E-state index contributed by atoms with van der Waals surface area (Å²) < 4.78 is 41.6. The van der Waals surface area contributed by atoms with Crippen molar-refractivity contribution in [3.63, 3.8) is 0 Å². The number of carbonyl (C=O) groups excluding carboxylic acids is 5. The van der Waals surface area contributed by atoms with E-state index in [1.54, 1.807) is 19.9 Å². The number of rotatable bonds is 12. The molecular formula is C33H48O12. The molecule has 5 aliphatic rings. The van der Waals surface area contributed by atoms with E-state index < -0.39 is 64.8 Å². The Balaban J connectivity index is 1.80. The maximum atomic E-state index is 13.2. The van der Waals surface area contributed by atoms with E-state index in [1.807, 2.05) is 6.92 Å². The highest BCUT2D eigenvalue weighted by Crippen LogP contribution is 2.74. The van der Waals surface area contributed by atoms with Crippen LogP contribution in [0.2, 0.25) is 0 Å². The zero-order valence-electron chi connectivity index (χ0n) is 27.7. The molecule has 12 nitrogen and oxygen atoms in total. The van der Waals surface area contributed by atoms with Crippen molar-refractivity contribution >= 4 is 29.8 Å². The van der Waals surface area contributed by atoms with Gasteiger partial charge < -0.3 is 33.2 Å². The van der Waals surface area contributed by atoms with E-state index in [9.17, 15) is 24.0 Å². The molecule has 0 amide bonds. The molecule has 252 valence electrons. The molecule has 3 saturated heterocycles. The van der Waals surface area contributed by atoms with E-state index in [0.717, 1.165) is 0 Å². The lowest BCUT2D eigenvalue weighted by Gasteiger charge is -2.69. The number of hydrogen-bond acceptors (Lipinski definition) is 12. The van der Waals surface area contributed by atoms with E-state index in [1.165, 1.54) is 27.7 Å². The summed E-state index contributed by atoms with van der Waals surface area (Å²) in [7, 11) is 0. The van der Waals surface area contributed by atoms with Crippen LogP contribution in [0, 0.1) is 28.6 Å². The first-order chi connectivity index (χ1) is 21.1. The second-order valence-electron chi connectivity index (χ2n) is 13.4. The van der Waals surface area contributed by atoms with Crippen molar-refractivity contribution < 1.29 is 57.1 Å². The summed E-state index contributed by atoms with van der Waals surface area (Å²) in [5.74, 6) is -3.13. The summed E-state index contributed by atoms with van der Waals surface area (Å²) in [4.78, 5) is 61.7. The van der Waals surface area contributed by atoms with Crippen molar-refractivity contribution in [1.82, 2.24) is 0 Å². The van der Waals surface area contributed by atoms with Gasteiger partial charge in [0.15, 0.2) is 6.10 Å². The van der Waals surface area contributed by atoms with Crippen LogP contribution in [0.15, 0.2) is 11.6 Å². The highest BCUT2D eigenvalue weighted by Gasteiger charge is 2.84. The number of ether oxygens (including phenoxy) is 7. The molecule has 2 aliphatic carbocycles. The maximum Gasteiger partial charge on any atom is 0.335 e.